The molecule has 3 unspecified atom stereocenters. The summed E-state index contributed by atoms with van der Waals surface area (Å²) in [6.45, 7) is 2.53. The zero-order valence-corrected chi connectivity index (χ0v) is 6.78. The maximum atomic E-state index is 11.1. The van der Waals surface area contributed by atoms with Gasteiger partial charge in [-0.3, -0.25) is 9.59 Å². The number of esters is 2. The second-order valence-corrected chi connectivity index (χ2v) is 3.10. The number of hydrogen-bond acceptors (Lipinski definition) is 4. The first-order valence-electron chi connectivity index (χ1n) is 4.09. The van der Waals surface area contributed by atoms with Gasteiger partial charge in [0.1, 0.15) is 0 Å². The van der Waals surface area contributed by atoms with Crippen molar-refractivity contribution < 1.29 is 19.1 Å². The van der Waals surface area contributed by atoms with Gasteiger partial charge >= 0.3 is 11.9 Å². The van der Waals surface area contributed by atoms with E-state index in [-0.39, 0.29) is 29.7 Å². The number of hydrogen-bond donors (Lipinski definition) is 0. The van der Waals surface area contributed by atoms with E-state index in [1.165, 1.54) is 0 Å². The van der Waals surface area contributed by atoms with Crippen LogP contribution in [-0.2, 0) is 19.1 Å². The van der Waals surface area contributed by atoms with Crippen molar-refractivity contribution in [3.05, 3.63) is 0 Å². The van der Waals surface area contributed by atoms with Crippen LogP contribution in [0.4, 0.5) is 0 Å². The first-order chi connectivity index (χ1) is 5.75. The van der Waals surface area contributed by atoms with Gasteiger partial charge in [0.2, 0.25) is 0 Å². The quantitative estimate of drug-likeness (QED) is 0.546. The van der Waals surface area contributed by atoms with E-state index in [0.717, 1.165) is 0 Å². The highest BCUT2D eigenvalue weighted by Crippen LogP contribution is 2.51. The van der Waals surface area contributed by atoms with Gasteiger partial charge in [-0.2, -0.15) is 0 Å². The van der Waals surface area contributed by atoms with Crippen LogP contribution >= 0.6 is 0 Å². The molecule has 0 radical (unpaired) electrons. The van der Waals surface area contributed by atoms with Gasteiger partial charge in [-0.15, -0.1) is 0 Å². The van der Waals surface area contributed by atoms with Crippen molar-refractivity contribution in [3.63, 3.8) is 0 Å². The molecule has 1 saturated heterocycles. The van der Waals surface area contributed by atoms with E-state index in [0.29, 0.717) is 13.2 Å². The van der Waals surface area contributed by atoms with E-state index >= 15 is 0 Å². The van der Waals surface area contributed by atoms with Crippen LogP contribution in [0.2, 0.25) is 0 Å². The summed E-state index contributed by atoms with van der Waals surface area (Å²) in [5.74, 6) is -0.769. The minimum absolute atomic E-state index is 0.108. The van der Waals surface area contributed by atoms with Crippen LogP contribution < -0.4 is 0 Å². The molecule has 66 valence electrons. The monoisotopic (exact) mass is 170 g/mol. The Morgan fingerprint density at radius 3 is 3.00 bits per heavy atom. The molecule has 0 aromatic heterocycles. The predicted octanol–water partition coefficient (Wildman–Crippen LogP) is -0.0315. The number of cyclic esters (lactones) is 1. The van der Waals surface area contributed by atoms with Gasteiger partial charge in [0.25, 0.3) is 0 Å². The lowest BCUT2D eigenvalue weighted by atomic mass is 10.3. The SMILES string of the molecule is CCOC(=O)C1C2COC(=O)C21. The van der Waals surface area contributed by atoms with Gasteiger partial charge in [-0.1, -0.05) is 0 Å². The van der Waals surface area contributed by atoms with E-state index in [1.807, 2.05) is 0 Å². The molecule has 1 aliphatic carbocycles. The number of ether oxygens (including phenoxy) is 2. The Hall–Kier alpha value is -1.06. The standard InChI is InChI=1S/C8H10O4/c1-2-11-7(9)5-4-3-12-8(10)6(4)5/h4-6H,2-3H2,1H3. The summed E-state index contributed by atoms with van der Waals surface area (Å²) in [5.41, 5.74) is 0. The van der Waals surface area contributed by atoms with Crippen LogP contribution in [0.1, 0.15) is 6.92 Å². The van der Waals surface area contributed by atoms with Crippen LogP contribution in [0.5, 0.6) is 0 Å². The zero-order chi connectivity index (χ0) is 8.72. The molecule has 0 amide bonds. The Bertz CT molecular complexity index is 235. The molecular formula is C8H10O4. The van der Waals surface area contributed by atoms with Gasteiger partial charge < -0.3 is 9.47 Å². The normalized spacial score (nSPS) is 37.1. The number of fused-ring (bicyclic) bond motifs is 1. The maximum Gasteiger partial charge on any atom is 0.310 e. The third kappa shape index (κ3) is 0.906. The Kier molecular flexibility index (Phi) is 1.56. The van der Waals surface area contributed by atoms with E-state index in [1.54, 1.807) is 6.92 Å². The number of carbonyl (C=O) groups is 2. The molecule has 0 aromatic rings. The van der Waals surface area contributed by atoms with Crippen molar-refractivity contribution >= 4 is 11.9 Å². The van der Waals surface area contributed by atoms with Gasteiger partial charge in [-0.05, 0) is 6.92 Å². The topological polar surface area (TPSA) is 52.6 Å². The Balaban J connectivity index is 1.94. The molecule has 0 spiro atoms. The molecule has 0 N–H and O–H groups in total. The molecule has 2 aliphatic rings. The van der Waals surface area contributed by atoms with Gasteiger partial charge in [-0.25, -0.2) is 0 Å². The van der Waals surface area contributed by atoms with Crippen molar-refractivity contribution in [2.75, 3.05) is 13.2 Å². The summed E-state index contributed by atoms with van der Waals surface area (Å²) in [5, 5.41) is 0. The predicted molar refractivity (Wildman–Crippen MR) is 38.1 cm³/mol. The molecule has 1 heterocycles. The van der Waals surface area contributed by atoms with Gasteiger partial charge in [0.15, 0.2) is 0 Å². The van der Waals surface area contributed by atoms with Crippen LogP contribution in [0.25, 0.3) is 0 Å². The summed E-state index contributed by atoms with van der Waals surface area (Å²) in [6.07, 6.45) is 0. The summed E-state index contributed by atoms with van der Waals surface area (Å²) >= 11 is 0. The first-order valence-corrected chi connectivity index (χ1v) is 4.09. The largest absolute Gasteiger partial charge is 0.466 e. The molecule has 0 bridgehead atoms. The minimum Gasteiger partial charge on any atom is -0.466 e. The zero-order valence-electron chi connectivity index (χ0n) is 6.78. The van der Waals surface area contributed by atoms with Crippen LogP contribution in [0.3, 0.4) is 0 Å². The van der Waals surface area contributed by atoms with Gasteiger partial charge in [0.05, 0.1) is 25.0 Å². The van der Waals surface area contributed by atoms with Gasteiger partial charge in [0, 0.05) is 5.92 Å². The van der Waals surface area contributed by atoms with Crippen molar-refractivity contribution in [3.8, 4) is 0 Å². The molecule has 1 saturated carbocycles. The minimum atomic E-state index is -0.246. The smallest absolute Gasteiger partial charge is 0.310 e. The highest BCUT2D eigenvalue weighted by molar-refractivity contribution is 5.90. The molecule has 1 aliphatic heterocycles. The second kappa shape index (κ2) is 2.47. The van der Waals surface area contributed by atoms with Crippen LogP contribution in [0, 0.1) is 17.8 Å². The Labute approximate surface area is 69.8 Å². The lowest BCUT2D eigenvalue weighted by molar-refractivity contribution is -0.151. The highest BCUT2D eigenvalue weighted by atomic mass is 16.6. The number of rotatable bonds is 2. The maximum absolute atomic E-state index is 11.1. The summed E-state index contributed by atoms with van der Waals surface area (Å²) in [4.78, 5) is 22.0. The fourth-order valence-electron chi connectivity index (χ4n) is 1.74. The summed E-state index contributed by atoms with van der Waals surface area (Å²) in [6, 6.07) is 0. The third-order valence-corrected chi connectivity index (χ3v) is 2.42. The highest BCUT2D eigenvalue weighted by Gasteiger charge is 2.65. The van der Waals surface area contributed by atoms with Crippen LogP contribution in [0.15, 0.2) is 0 Å². The van der Waals surface area contributed by atoms with E-state index < -0.39 is 0 Å². The molecule has 3 atom stereocenters. The molecule has 4 heteroatoms. The Morgan fingerprint density at radius 1 is 1.75 bits per heavy atom. The van der Waals surface area contributed by atoms with Crippen LogP contribution in [-0.4, -0.2) is 25.2 Å². The van der Waals surface area contributed by atoms with Crippen molar-refractivity contribution in [1.82, 2.24) is 0 Å². The number of carbonyl (C=O) groups excluding carboxylic acids is 2. The average molecular weight is 170 g/mol. The molecular weight excluding hydrogens is 160 g/mol. The van der Waals surface area contributed by atoms with Crippen molar-refractivity contribution in [2.24, 2.45) is 17.8 Å². The lowest BCUT2D eigenvalue weighted by Gasteiger charge is -2.02. The van der Waals surface area contributed by atoms with E-state index in [2.05, 4.69) is 0 Å². The molecule has 2 rings (SSSR count). The van der Waals surface area contributed by atoms with Crippen molar-refractivity contribution in [2.45, 2.75) is 6.92 Å². The molecule has 4 nitrogen and oxygen atoms in total. The van der Waals surface area contributed by atoms with E-state index in [4.69, 9.17) is 9.47 Å². The summed E-state index contributed by atoms with van der Waals surface area (Å²) in [7, 11) is 0. The molecule has 2 fully saturated rings. The second-order valence-electron chi connectivity index (χ2n) is 3.10. The fraction of sp³-hybridized carbons (Fsp3) is 0.750. The molecule has 0 aromatic carbocycles. The summed E-state index contributed by atoms with van der Waals surface area (Å²) < 4.78 is 9.53. The fourth-order valence-corrected chi connectivity index (χ4v) is 1.74. The van der Waals surface area contributed by atoms with E-state index in [9.17, 15) is 9.59 Å². The molecule has 12 heavy (non-hydrogen) atoms. The lowest BCUT2D eigenvalue weighted by Crippen LogP contribution is -2.15. The Morgan fingerprint density at radius 2 is 2.50 bits per heavy atom. The third-order valence-electron chi connectivity index (χ3n) is 2.42. The van der Waals surface area contributed by atoms with Crippen molar-refractivity contribution in [1.29, 1.82) is 0 Å². The average Bonchev–Trinajstić information content (AvgIpc) is 2.65. The first kappa shape index (κ1) is 7.58.